The number of allylic oxidation sites excluding steroid dienone is 6. The Balaban J connectivity index is 3.61. The first-order valence-electron chi connectivity index (χ1n) is 28.4. The summed E-state index contributed by atoms with van der Waals surface area (Å²) >= 11 is 0. The van der Waals surface area contributed by atoms with Crippen LogP contribution in [0, 0.1) is 0 Å². The molecule has 0 saturated carbocycles. The molecule has 6 nitrogen and oxygen atoms in total. The highest BCUT2D eigenvalue weighted by Gasteiger charge is 2.28. The molecule has 5 N–H and O–H groups in total. The summed E-state index contributed by atoms with van der Waals surface area (Å²) in [7, 11) is 0. The van der Waals surface area contributed by atoms with Crippen LogP contribution in [0.3, 0.4) is 0 Å². The van der Waals surface area contributed by atoms with Crippen molar-refractivity contribution in [3.63, 3.8) is 0 Å². The lowest BCUT2D eigenvalue weighted by atomic mass is 10.00. The Morgan fingerprint density at radius 3 is 1.03 bits per heavy atom. The number of amides is 1. The van der Waals surface area contributed by atoms with Crippen molar-refractivity contribution in [2.45, 2.75) is 321 Å². The van der Waals surface area contributed by atoms with Crippen LogP contribution in [0.4, 0.5) is 0 Å². The van der Waals surface area contributed by atoms with Crippen molar-refractivity contribution in [3.8, 4) is 0 Å². The molecule has 0 radical (unpaired) electrons. The van der Waals surface area contributed by atoms with E-state index in [-0.39, 0.29) is 0 Å². The van der Waals surface area contributed by atoms with Crippen molar-refractivity contribution in [2.75, 3.05) is 6.61 Å². The van der Waals surface area contributed by atoms with Gasteiger partial charge in [0.05, 0.1) is 18.8 Å². The van der Waals surface area contributed by atoms with Crippen molar-refractivity contribution in [1.29, 1.82) is 0 Å². The number of carbonyl (C=O) groups is 1. The number of aliphatic hydroxyl groups is 4. The summed E-state index contributed by atoms with van der Waals surface area (Å²) < 4.78 is 0. The van der Waals surface area contributed by atoms with Gasteiger partial charge in [0.25, 0.3) is 0 Å². The van der Waals surface area contributed by atoms with E-state index in [1.807, 2.05) is 0 Å². The first-order chi connectivity index (χ1) is 31.5. The van der Waals surface area contributed by atoms with E-state index < -0.39 is 36.9 Å². The zero-order valence-electron chi connectivity index (χ0n) is 42.8. The lowest BCUT2D eigenvalue weighted by molar-refractivity contribution is -0.132. The zero-order chi connectivity index (χ0) is 46.7. The molecule has 0 saturated heterocycles. The zero-order valence-corrected chi connectivity index (χ0v) is 42.8. The standard InChI is InChI=1S/C58H111NO5/c1-3-5-7-9-11-13-15-17-19-21-22-23-24-25-26-27-28-29-30-31-32-33-34-35-36-38-40-42-44-46-48-50-52-56(62)58(64)59-54(53-60)57(63)55(61)51-49-47-45-43-41-39-37-20-18-16-14-12-10-8-6-4-2/h22-23,25-26,43,45,54-57,60-63H,3-21,24,27-42,44,46-53H2,1-2H3,(H,59,64)/b23-22-,26-25-,45-43+. The molecule has 0 rings (SSSR count). The van der Waals surface area contributed by atoms with Gasteiger partial charge in [0.15, 0.2) is 0 Å². The average Bonchev–Trinajstić information content (AvgIpc) is 3.30. The molecule has 0 heterocycles. The second-order valence-electron chi connectivity index (χ2n) is 19.6. The van der Waals surface area contributed by atoms with E-state index >= 15 is 0 Å². The second-order valence-corrected chi connectivity index (χ2v) is 19.6. The number of rotatable bonds is 52. The lowest BCUT2D eigenvalue weighted by Crippen LogP contribution is -2.53. The van der Waals surface area contributed by atoms with Gasteiger partial charge in [0.2, 0.25) is 5.91 Å². The molecule has 64 heavy (non-hydrogen) atoms. The molecule has 0 aliphatic heterocycles. The highest BCUT2D eigenvalue weighted by atomic mass is 16.3. The summed E-state index contributed by atoms with van der Waals surface area (Å²) in [6.07, 6.45) is 65.1. The fourth-order valence-corrected chi connectivity index (χ4v) is 8.85. The minimum Gasteiger partial charge on any atom is -0.394 e. The van der Waals surface area contributed by atoms with Gasteiger partial charge in [-0.25, -0.2) is 0 Å². The Kier molecular flexibility index (Phi) is 51.3. The molecule has 0 aliphatic carbocycles. The summed E-state index contributed by atoms with van der Waals surface area (Å²) in [6, 6.07) is -1.00. The van der Waals surface area contributed by atoms with Gasteiger partial charge < -0.3 is 25.7 Å². The summed E-state index contributed by atoms with van der Waals surface area (Å²) in [5, 5.41) is 43.9. The van der Waals surface area contributed by atoms with Crippen LogP contribution in [-0.2, 0) is 4.79 Å². The van der Waals surface area contributed by atoms with Crippen molar-refractivity contribution in [1.82, 2.24) is 5.32 Å². The van der Waals surface area contributed by atoms with E-state index in [1.54, 1.807) is 0 Å². The van der Waals surface area contributed by atoms with Crippen molar-refractivity contribution >= 4 is 5.91 Å². The number of nitrogens with one attached hydrogen (secondary N) is 1. The maximum absolute atomic E-state index is 12.6. The molecular formula is C58H111NO5. The minimum atomic E-state index is -1.28. The van der Waals surface area contributed by atoms with Crippen LogP contribution in [-0.4, -0.2) is 57.3 Å². The summed E-state index contributed by atoms with van der Waals surface area (Å²) in [5.74, 6) is -0.591. The summed E-state index contributed by atoms with van der Waals surface area (Å²) in [5.41, 5.74) is 0. The first kappa shape index (κ1) is 62.5. The Hall–Kier alpha value is -1.47. The van der Waals surface area contributed by atoms with E-state index in [2.05, 4.69) is 55.6 Å². The smallest absolute Gasteiger partial charge is 0.249 e. The fraction of sp³-hybridized carbons (Fsp3) is 0.879. The van der Waals surface area contributed by atoms with Gasteiger partial charge in [-0.2, -0.15) is 0 Å². The fourth-order valence-electron chi connectivity index (χ4n) is 8.85. The molecule has 0 bridgehead atoms. The first-order valence-corrected chi connectivity index (χ1v) is 28.4. The van der Waals surface area contributed by atoms with Gasteiger partial charge in [-0.05, 0) is 70.6 Å². The maximum atomic E-state index is 12.6. The van der Waals surface area contributed by atoms with E-state index in [4.69, 9.17) is 0 Å². The highest BCUT2D eigenvalue weighted by molar-refractivity contribution is 5.80. The summed E-state index contributed by atoms with van der Waals surface area (Å²) in [4.78, 5) is 12.6. The molecule has 0 aromatic carbocycles. The maximum Gasteiger partial charge on any atom is 0.249 e. The predicted molar refractivity (Wildman–Crippen MR) is 279 cm³/mol. The van der Waals surface area contributed by atoms with Crippen LogP contribution < -0.4 is 5.32 Å². The highest BCUT2D eigenvalue weighted by Crippen LogP contribution is 2.17. The molecule has 0 spiro atoms. The Labute approximate surface area is 398 Å². The Bertz CT molecular complexity index is 1010. The number of aliphatic hydroxyl groups excluding tert-OH is 4. The van der Waals surface area contributed by atoms with Gasteiger partial charge in [-0.3, -0.25) is 4.79 Å². The van der Waals surface area contributed by atoms with Crippen LogP contribution >= 0.6 is 0 Å². The average molecular weight is 903 g/mol. The molecule has 0 aromatic rings. The molecule has 4 atom stereocenters. The van der Waals surface area contributed by atoms with Gasteiger partial charge in [-0.1, -0.05) is 262 Å². The number of unbranched alkanes of at least 4 members (excludes halogenated alkanes) is 37. The van der Waals surface area contributed by atoms with Crippen LogP contribution in [0.5, 0.6) is 0 Å². The van der Waals surface area contributed by atoms with Gasteiger partial charge in [-0.15, -0.1) is 0 Å². The largest absolute Gasteiger partial charge is 0.394 e. The van der Waals surface area contributed by atoms with E-state index in [0.29, 0.717) is 12.8 Å². The summed E-state index contributed by atoms with van der Waals surface area (Å²) in [6.45, 7) is 4.06. The van der Waals surface area contributed by atoms with Gasteiger partial charge in [0.1, 0.15) is 12.2 Å². The Morgan fingerprint density at radius 1 is 0.391 bits per heavy atom. The Morgan fingerprint density at radius 2 is 0.688 bits per heavy atom. The van der Waals surface area contributed by atoms with Crippen LogP contribution in [0.1, 0.15) is 296 Å². The molecule has 4 unspecified atom stereocenters. The lowest BCUT2D eigenvalue weighted by Gasteiger charge is -2.27. The van der Waals surface area contributed by atoms with E-state index in [9.17, 15) is 25.2 Å². The van der Waals surface area contributed by atoms with E-state index in [1.165, 1.54) is 225 Å². The van der Waals surface area contributed by atoms with Crippen LogP contribution in [0.15, 0.2) is 36.5 Å². The third kappa shape index (κ3) is 45.7. The van der Waals surface area contributed by atoms with Crippen LogP contribution in [0.25, 0.3) is 0 Å². The molecule has 378 valence electrons. The topological polar surface area (TPSA) is 110 Å². The normalized spacial score (nSPS) is 14.0. The molecule has 6 heteroatoms. The molecule has 0 aromatic heterocycles. The molecule has 0 aliphatic rings. The quantitative estimate of drug-likeness (QED) is 0.0309. The molecular weight excluding hydrogens is 791 g/mol. The van der Waals surface area contributed by atoms with Crippen LogP contribution in [0.2, 0.25) is 0 Å². The number of hydrogen-bond donors (Lipinski definition) is 5. The van der Waals surface area contributed by atoms with Crippen molar-refractivity contribution in [2.24, 2.45) is 0 Å². The third-order valence-electron chi connectivity index (χ3n) is 13.3. The SMILES string of the molecule is CCCCCCCCCCC/C=C\C/C=C\CCCCCCCCCCCCCCCCCCC(O)C(=O)NC(CO)C(O)C(O)CCC/C=C/CCCCCCCCCCCCC. The van der Waals surface area contributed by atoms with Crippen molar-refractivity contribution in [3.05, 3.63) is 36.5 Å². The number of hydrogen-bond acceptors (Lipinski definition) is 5. The monoisotopic (exact) mass is 902 g/mol. The van der Waals surface area contributed by atoms with Gasteiger partial charge in [0, 0.05) is 0 Å². The van der Waals surface area contributed by atoms with Crippen molar-refractivity contribution < 1.29 is 25.2 Å². The number of carbonyl (C=O) groups excluding carboxylic acids is 1. The predicted octanol–water partition coefficient (Wildman–Crippen LogP) is 16.4. The van der Waals surface area contributed by atoms with E-state index in [0.717, 1.165) is 44.9 Å². The second kappa shape index (κ2) is 52.5. The third-order valence-corrected chi connectivity index (χ3v) is 13.3. The van der Waals surface area contributed by atoms with Gasteiger partial charge >= 0.3 is 0 Å². The molecule has 1 amide bonds. The molecule has 0 fully saturated rings. The minimum absolute atomic E-state index is 0.364.